The summed E-state index contributed by atoms with van der Waals surface area (Å²) in [6, 6.07) is 1.97. The van der Waals surface area contributed by atoms with E-state index in [-0.39, 0.29) is 12.5 Å². The van der Waals surface area contributed by atoms with Gasteiger partial charge in [0.05, 0.1) is 0 Å². The van der Waals surface area contributed by atoms with Crippen LogP contribution in [0.15, 0.2) is 12.3 Å². The third-order valence-corrected chi connectivity index (χ3v) is 3.32. The van der Waals surface area contributed by atoms with Crippen molar-refractivity contribution in [2.24, 2.45) is 5.92 Å². The maximum atomic E-state index is 12.1. The van der Waals surface area contributed by atoms with Crippen LogP contribution in [0.5, 0.6) is 0 Å². The predicted molar refractivity (Wildman–Crippen MR) is 84.5 cm³/mol. The molecule has 0 bridgehead atoms. The molecule has 2 aromatic rings. The Morgan fingerprint density at radius 2 is 2.24 bits per heavy atom. The lowest BCUT2D eigenvalue weighted by Gasteiger charge is -2.10. The van der Waals surface area contributed by atoms with E-state index in [4.69, 9.17) is 11.6 Å². The molecule has 0 unspecified atom stereocenters. The van der Waals surface area contributed by atoms with Crippen molar-refractivity contribution in [1.82, 2.24) is 19.9 Å². The van der Waals surface area contributed by atoms with Crippen molar-refractivity contribution >= 4 is 28.7 Å². The standard InChI is InChI=1S/C15H21ClN4O/c1-10(2)7-17-14(21)9-20-13(4-5-16)19-12-6-11(3)8-18-15(12)20/h6,8,10H,4-5,7,9H2,1-3H3,(H,17,21). The van der Waals surface area contributed by atoms with Crippen LogP contribution in [0.2, 0.25) is 0 Å². The van der Waals surface area contributed by atoms with Crippen molar-refractivity contribution < 1.29 is 4.79 Å². The van der Waals surface area contributed by atoms with E-state index in [1.165, 1.54) is 0 Å². The highest BCUT2D eigenvalue weighted by atomic mass is 35.5. The van der Waals surface area contributed by atoms with E-state index in [9.17, 15) is 4.79 Å². The number of nitrogens with one attached hydrogen (secondary N) is 1. The summed E-state index contributed by atoms with van der Waals surface area (Å²) in [6.07, 6.45) is 2.41. The van der Waals surface area contributed by atoms with E-state index < -0.39 is 0 Å². The first-order valence-corrected chi connectivity index (χ1v) is 7.69. The summed E-state index contributed by atoms with van der Waals surface area (Å²) in [4.78, 5) is 21.0. The first kappa shape index (κ1) is 15.8. The molecule has 0 aliphatic rings. The molecule has 0 saturated carbocycles. The number of carbonyl (C=O) groups is 1. The number of imidazole rings is 1. The molecule has 5 nitrogen and oxygen atoms in total. The number of halogens is 1. The van der Waals surface area contributed by atoms with Gasteiger partial charge in [0.2, 0.25) is 5.91 Å². The summed E-state index contributed by atoms with van der Waals surface area (Å²) in [5.41, 5.74) is 2.60. The molecule has 114 valence electrons. The fourth-order valence-corrected chi connectivity index (χ4v) is 2.29. The fraction of sp³-hybridized carbons (Fsp3) is 0.533. The molecular weight excluding hydrogens is 288 g/mol. The first-order chi connectivity index (χ1) is 10.0. The minimum absolute atomic E-state index is 0.0267. The molecule has 0 aliphatic heterocycles. The van der Waals surface area contributed by atoms with Gasteiger partial charge in [-0.3, -0.25) is 4.79 Å². The molecule has 2 aromatic heterocycles. The molecule has 6 heteroatoms. The van der Waals surface area contributed by atoms with Crippen LogP contribution in [0.3, 0.4) is 0 Å². The second-order valence-corrected chi connectivity index (χ2v) is 5.98. The predicted octanol–water partition coefficient (Wildman–Crippen LogP) is 2.29. The Morgan fingerprint density at radius 1 is 1.48 bits per heavy atom. The van der Waals surface area contributed by atoms with Gasteiger partial charge in [-0.05, 0) is 24.5 Å². The van der Waals surface area contributed by atoms with E-state index in [0.717, 1.165) is 22.6 Å². The number of aromatic nitrogens is 3. The Labute approximate surface area is 129 Å². The van der Waals surface area contributed by atoms with Crippen LogP contribution in [0.1, 0.15) is 25.2 Å². The highest BCUT2D eigenvalue weighted by molar-refractivity contribution is 6.17. The molecule has 0 atom stereocenters. The summed E-state index contributed by atoms with van der Waals surface area (Å²) >= 11 is 5.83. The molecule has 2 heterocycles. The van der Waals surface area contributed by atoms with Crippen molar-refractivity contribution in [3.8, 4) is 0 Å². The Hall–Kier alpha value is -1.62. The maximum Gasteiger partial charge on any atom is 0.240 e. The van der Waals surface area contributed by atoms with Gasteiger partial charge in [-0.2, -0.15) is 0 Å². The number of fused-ring (bicyclic) bond motifs is 1. The van der Waals surface area contributed by atoms with Crippen LogP contribution >= 0.6 is 11.6 Å². The number of hydrogen-bond donors (Lipinski definition) is 1. The smallest absolute Gasteiger partial charge is 0.240 e. The Kier molecular flexibility index (Phi) is 5.17. The van der Waals surface area contributed by atoms with E-state index in [1.807, 2.05) is 17.6 Å². The van der Waals surface area contributed by atoms with Gasteiger partial charge >= 0.3 is 0 Å². The quantitative estimate of drug-likeness (QED) is 0.833. The van der Waals surface area contributed by atoms with Crippen LogP contribution in [-0.2, 0) is 17.8 Å². The molecule has 0 aliphatic carbocycles. The van der Waals surface area contributed by atoms with E-state index in [2.05, 4.69) is 29.1 Å². The van der Waals surface area contributed by atoms with Crippen molar-refractivity contribution in [1.29, 1.82) is 0 Å². The van der Waals surface area contributed by atoms with Crippen molar-refractivity contribution in [2.45, 2.75) is 33.7 Å². The van der Waals surface area contributed by atoms with Crippen LogP contribution in [0.4, 0.5) is 0 Å². The van der Waals surface area contributed by atoms with Gasteiger partial charge < -0.3 is 9.88 Å². The van der Waals surface area contributed by atoms with Gasteiger partial charge in [-0.1, -0.05) is 13.8 Å². The fourth-order valence-electron chi connectivity index (χ4n) is 2.12. The van der Waals surface area contributed by atoms with Gasteiger partial charge in [0.15, 0.2) is 5.65 Å². The van der Waals surface area contributed by atoms with Gasteiger partial charge in [0.25, 0.3) is 0 Å². The van der Waals surface area contributed by atoms with E-state index >= 15 is 0 Å². The lowest BCUT2D eigenvalue weighted by molar-refractivity contribution is -0.121. The number of nitrogens with zero attached hydrogens (tertiary/aromatic N) is 3. The maximum absolute atomic E-state index is 12.1. The zero-order chi connectivity index (χ0) is 15.4. The second-order valence-electron chi connectivity index (χ2n) is 5.61. The molecule has 0 fully saturated rings. The number of aryl methyl sites for hydroxylation is 2. The molecular formula is C15H21ClN4O. The Bertz CT molecular complexity index is 636. The van der Waals surface area contributed by atoms with Crippen LogP contribution in [0, 0.1) is 12.8 Å². The third-order valence-electron chi connectivity index (χ3n) is 3.13. The molecule has 2 rings (SSSR count). The summed E-state index contributed by atoms with van der Waals surface area (Å²) < 4.78 is 1.85. The molecule has 0 spiro atoms. The highest BCUT2D eigenvalue weighted by Crippen LogP contribution is 2.16. The van der Waals surface area contributed by atoms with Crippen molar-refractivity contribution in [2.75, 3.05) is 12.4 Å². The van der Waals surface area contributed by atoms with E-state index in [1.54, 1.807) is 6.20 Å². The lowest BCUT2D eigenvalue weighted by atomic mass is 10.2. The average molecular weight is 309 g/mol. The number of hydrogen-bond acceptors (Lipinski definition) is 3. The normalized spacial score (nSPS) is 11.3. The number of rotatable bonds is 6. The summed E-state index contributed by atoms with van der Waals surface area (Å²) in [5, 5.41) is 2.92. The SMILES string of the molecule is Cc1cnc2c(c1)nc(CCCl)n2CC(=O)NCC(C)C. The average Bonchev–Trinajstić information content (AvgIpc) is 2.74. The van der Waals surface area contributed by atoms with E-state index in [0.29, 0.717) is 24.8 Å². The second kappa shape index (κ2) is 6.89. The number of alkyl halides is 1. The number of amides is 1. The first-order valence-electron chi connectivity index (χ1n) is 7.15. The van der Waals surface area contributed by atoms with Crippen molar-refractivity contribution in [3.63, 3.8) is 0 Å². The van der Waals surface area contributed by atoms with Gasteiger partial charge in [0.1, 0.15) is 17.9 Å². The molecule has 1 amide bonds. The number of carbonyl (C=O) groups excluding carboxylic acids is 1. The van der Waals surface area contributed by atoms with Gasteiger partial charge in [0, 0.05) is 25.0 Å². The molecule has 0 radical (unpaired) electrons. The molecule has 0 saturated heterocycles. The van der Waals surface area contributed by atoms with Crippen LogP contribution in [0.25, 0.3) is 11.2 Å². The highest BCUT2D eigenvalue weighted by Gasteiger charge is 2.14. The minimum Gasteiger partial charge on any atom is -0.354 e. The molecule has 1 N–H and O–H groups in total. The largest absolute Gasteiger partial charge is 0.354 e. The van der Waals surface area contributed by atoms with Gasteiger partial charge in [-0.15, -0.1) is 11.6 Å². The monoisotopic (exact) mass is 308 g/mol. The Morgan fingerprint density at radius 3 is 2.90 bits per heavy atom. The van der Waals surface area contributed by atoms with Crippen LogP contribution < -0.4 is 5.32 Å². The molecule has 21 heavy (non-hydrogen) atoms. The zero-order valence-electron chi connectivity index (χ0n) is 12.7. The summed E-state index contributed by atoms with van der Waals surface area (Å²) in [5.74, 6) is 1.67. The zero-order valence-corrected chi connectivity index (χ0v) is 13.4. The van der Waals surface area contributed by atoms with Crippen molar-refractivity contribution in [3.05, 3.63) is 23.7 Å². The summed E-state index contributed by atoms with van der Waals surface area (Å²) in [7, 11) is 0. The summed E-state index contributed by atoms with van der Waals surface area (Å²) in [6.45, 7) is 7.00. The molecule has 0 aromatic carbocycles. The Balaban J connectivity index is 2.27. The minimum atomic E-state index is -0.0267. The van der Waals surface area contributed by atoms with Gasteiger partial charge in [-0.25, -0.2) is 9.97 Å². The lowest BCUT2D eigenvalue weighted by Crippen LogP contribution is -2.31. The van der Waals surface area contributed by atoms with Crippen LogP contribution in [-0.4, -0.2) is 32.9 Å². The third kappa shape index (κ3) is 3.94. The topological polar surface area (TPSA) is 59.8 Å². The number of pyridine rings is 1.